The Morgan fingerprint density at radius 1 is 1.46 bits per heavy atom. The Morgan fingerprint density at radius 2 is 2.25 bits per heavy atom. The van der Waals surface area contributed by atoms with Gasteiger partial charge in [0.25, 0.3) is 5.56 Å². The van der Waals surface area contributed by atoms with Crippen LogP contribution in [-0.4, -0.2) is 52.8 Å². The van der Waals surface area contributed by atoms with Gasteiger partial charge in [-0.15, -0.1) is 0 Å². The van der Waals surface area contributed by atoms with Crippen LogP contribution in [0, 0.1) is 0 Å². The van der Waals surface area contributed by atoms with Crippen molar-refractivity contribution in [3.63, 3.8) is 0 Å². The Balaban J connectivity index is 1.77. The zero-order chi connectivity index (χ0) is 20.3. The summed E-state index contributed by atoms with van der Waals surface area (Å²) >= 11 is 7.13. The van der Waals surface area contributed by atoms with E-state index >= 15 is 0 Å². The summed E-state index contributed by atoms with van der Waals surface area (Å²) < 4.78 is 6.73. The number of methoxy groups -OCH3 is 1. The minimum atomic E-state index is -0.495. The first-order valence-corrected chi connectivity index (χ1v) is 11.0. The first kappa shape index (κ1) is 20.7. The van der Waals surface area contributed by atoms with Gasteiger partial charge in [-0.25, -0.2) is 4.79 Å². The number of para-hydroxylation sites is 1. The van der Waals surface area contributed by atoms with Crippen molar-refractivity contribution in [2.45, 2.75) is 32.0 Å². The number of carbonyl (C=O) groups is 1. The maximum Gasteiger partial charge on any atom is 0.328 e. The van der Waals surface area contributed by atoms with Crippen LogP contribution in [0.15, 0.2) is 29.1 Å². The summed E-state index contributed by atoms with van der Waals surface area (Å²) in [5.41, 5.74) is 2.99. The summed E-state index contributed by atoms with van der Waals surface area (Å²) in [4.78, 5) is 26.7. The minimum Gasteiger partial charge on any atom is -0.467 e. The highest BCUT2D eigenvalue weighted by molar-refractivity contribution is 7.98. The first-order valence-electron chi connectivity index (χ1n) is 9.19. The topological polar surface area (TPSA) is 63.6 Å². The van der Waals surface area contributed by atoms with E-state index in [0.29, 0.717) is 30.2 Å². The Bertz CT molecular complexity index is 958. The van der Waals surface area contributed by atoms with Gasteiger partial charge < -0.3 is 19.5 Å². The molecule has 8 heteroatoms. The highest BCUT2D eigenvalue weighted by Gasteiger charge is 2.22. The molecule has 0 radical (unpaired) electrons. The van der Waals surface area contributed by atoms with E-state index in [1.165, 1.54) is 12.7 Å². The van der Waals surface area contributed by atoms with Gasteiger partial charge in [-0.05, 0) is 54.1 Å². The smallest absolute Gasteiger partial charge is 0.328 e. The predicted octanol–water partition coefficient (Wildman–Crippen LogP) is 2.16. The van der Waals surface area contributed by atoms with Crippen LogP contribution < -0.4 is 10.9 Å². The Morgan fingerprint density at radius 3 is 2.96 bits per heavy atom. The fraction of sp³-hybridized carbons (Fsp3) is 0.450. The number of hydrogen-bond acceptors (Lipinski definition) is 5. The highest BCUT2D eigenvalue weighted by atomic mass is 32.2. The highest BCUT2D eigenvalue weighted by Crippen LogP contribution is 2.24. The molecule has 1 aromatic heterocycles. The maximum absolute atomic E-state index is 12.9. The quantitative estimate of drug-likeness (QED) is 0.545. The van der Waals surface area contributed by atoms with Crippen molar-refractivity contribution in [3.05, 3.63) is 45.7 Å². The molecular formula is C20H25N3O3S2. The number of nitrogens with zero attached hydrogens (tertiary/aromatic N) is 2. The van der Waals surface area contributed by atoms with Gasteiger partial charge in [-0.3, -0.25) is 4.79 Å². The molecule has 1 N–H and O–H groups in total. The summed E-state index contributed by atoms with van der Waals surface area (Å²) in [6.07, 6.45) is 3.50. The van der Waals surface area contributed by atoms with Crippen LogP contribution in [-0.2, 0) is 29.0 Å². The molecule has 0 saturated heterocycles. The van der Waals surface area contributed by atoms with Gasteiger partial charge in [0.15, 0.2) is 5.11 Å². The van der Waals surface area contributed by atoms with Gasteiger partial charge in [0, 0.05) is 19.2 Å². The van der Waals surface area contributed by atoms with Gasteiger partial charge in [0.1, 0.15) is 6.04 Å². The fourth-order valence-electron chi connectivity index (χ4n) is 3.56. The number of aryl methyl sites for hydroxylation is 2. The van der Waals surface area contributed by atoms with Gasteiger partial charge in [-0.2, -0.15) is 11.8 Å². The molecule has 0 bridgehead atoms. The normalized spacial score (nSPS) is 13.4. The molecule has 2 heterocycles. The van der Waals surface area contributed by atoms with Crippen molar-refractivity contribution >= 4 is 46.0 Å². The SMILES string of the molecule is COC(=O)[C@@H](CCSC)NC(=S)N(C)Cc1cc2cccc3c2n(c1=O)CC3. The molecule has 1 aliphatic heterocycles. The van der Waals surface area contributed by atoms with Crippen molar-refractivity contribution in [2.75, 3.05) is 26.2 Å². The molecule has 0 fully saturated rings. The van der Waals surface area contributed by atoms with Crippen LogP contribution >= 0.6 is 24.0 Å². The monoisotopic (exact) mass is 419 g/mol. The van der Waals surface area contributed by atoms with E-state index < -0.39 is 6.04 Å². The molecule has 1 aliphatic rings. The third kappa shape index (κ3) is 4.17. The predicted molar refractivity (Wildman–Crippen MR) is 118 cm³/mol. The van der Waals surface area contributed by atoms with Crippen LogP contribution in [0.4, 0.5) is 0 Å². The Labute approximate surface area is 174 Å². The van der Waals surface area contributed by atoms with E-state index in [4.69, 9.17) is 17.0 Å². The van der Waals surface area contributed by atoms with Crippen LogP contribution in [0.3, 0.4) is 0 Å². The summed E-state index contributed by atoms with van der Waals surface area (Å²) in [7, 11) is 3.19. The largest absolute Gasteiger partial charge is 0.467 e. The molecule has 0 unspecified atom stereocenters. The second-order valence-corrected chi connectivity index (χ2v) is 8.27. The number of thioether (sulfide) groups is 1. The van der Waals surface area contributed by atoms with E-state index in [0.717, 1.165) is 23.1 Å². The third-order valence-corrected chi connectivity index (χ3v) is 6.10. The van der Waals surface area contributed by atoms with E-state index in [1.807, 2.05) is 36.1 Å². The minimum absolute atomic E-state index is 0.0269. The number of hydrogen-bond donors (Lipinski definition) is 1. The summed E-state index contributed by atoms with van der Waals surface area (Å²) in [6.45, 7) is 1.09. The Hall–Kier alpha value is -2.06. The number of benzene rings is 1. The van der Waals surface area contributed by atoms with Crippen molar-refractivity contribution < 1.29 is 9.53 Å². The number of esters is 1. The summed E-state index contributed by atoms with van der Waals surface area (Å²) in [5.74, 6) is 0.480. The molecule has 28 heavy (non-hydrogen) atoms. The van der Waals surface area contributed by atoms with E-state index in [1.54, 1.807) is 16.7 Å². The molecule has 6 nitrogen and oxygen atoms in total. The zero-order valence-corrected chi connectivity index (χ0v) is 18.0. The van der Waals surface area contributed by atoms with E-state index in [9.17, 15) is 9.59 Å². The number of pyridine rings is 1. The number of carbonyl (C=O) groups excluding carboxylic acids is 1. The van der Waals surface area contributed by atoms with E-state index in [2.05, 4.69) is 11.4 Å². The van der Waals surface area contributed by atoms with Gasteiger partial charge >= 0.3 is 5.97 Å². The fourth-order valence-corrected chi connectivity index (χ4v) is 4.23. The lowest BCUT2D eigenvalue weighted by Gasteiger charge is -2.25. The lowest BCUT2D eigenvalue weighted by molar-refractivity contribution is -0.142. The average molecular weight is 420 g/mol. The number of aromatic nitrogens is 1. The first-order chi connectivity index (χ1) is 13.5. The standard InChI is InChI=1S/C20H25N3O3S2/c1-22(20(27)21-16(8-10-28-3)19(25)26-2)12-15-11-14-6-4-5-13-7-9-23(17(13)14)18(15)24/h4-6,11,16H,7-10,12H2,1-3H3,(H,21,27)/t16-/m1/s1. The average Bonchev–Trinajstić information content (AvgIpc) is 3.13. The molecule has 2 aromatic rings. The number of thiocarbonyl (C=S) groups is 1. The van der Waals surface area contributed by atoms with Crippen LogP contribution in [0.1, 0.15) is 17.5 Å². The number of ether oxygens (including phenoxy) is 1. The van der Waals surface area contributed by atoms with Crippen molar-refractivity contribution in [3.8, 4) is 0 Å². The van der Waals surface area contributed by atoms with Gasteiger partial charge in [0.2, 0.25) is 0 Å². The molecule has 1 aromatic carbocycles. The Kier molecular flexibility index (Phi) is 6.61. The molecule has 0 spiro atoms. The second-order valence-electron chi connectivity index (χ2n) is 6.89. The number of nitrogens with one attached hydrogen (secondary N) is 1. The van der Waals surface area contributed by atoms with Gasteiger partial charge in [0.05, 0.1) is 19.2 Å². The lowest BCUT2D eigenvalue weighted by Crippen LogP contribution is -2.47. The molecule has 150 valence electrons. The lowest BCUT2D eigenvalue weighted by atomic mass is 10.1. The second kappa shape index (κ2) is 8.96. The van der Waals surface area contributed by atoms with E-state index in [-0.39, 0.29) is 11.5 Å². The molecule has 1 atom stereocenters. The zero-order valence-electron chi connectivity index (χ0n) is 16.4. The maximum atomic E-state index is 12.9. The third-order valence-electron chi connectivity index (χ3n) is 5.02. The molecular weight excluding hydrogens is 394 g/mol. The van der Waals surface area contributed by atoms with Crippen molar-refractivity contribution in [1.29, 1.82) is 0 Å². The number of rotatable bonds is 7. The van der Waals surface area contributed by atoms with Crippen LogP contribution in [0.5, 0.6) is 0 Å². The molecule has 3 rings (SSSR count). The van der Waals surface area contributed by atoms with Crippen LogP contribution in [0.2, 0.25) is 0 Å². The summed E-state index contributed by atoms with van der Waals surface area (Å²) in [6, 6.07) is 7.61. The summed E-state index contributed by atoms with van der Waals surface area (Å²) in [5, 5.41) is 4.57. The molecule has 0 saturated carbocycles. The van der Waals surface area contributed by atoms with Crippen molar-refractivity contribution in [2.24, 2.45) is 0 Å². The molecule has 0 aliphatic carbocycles. The van der Waals surface area contributed by atoms with Crippen molar-refractivity contribution in [1.82, 2.24) is 14.8 Å². The van der Waals surface area contributed by atoms with Gasteiger partial charge in [-0.1, -0.05) is 18.2 Å². The molecule has 0 amide bonds. The van der Waals surface area contributed by atoms with Crippen LogP contribution in [0.25, 0.3) is 10.9 Å².